The lowest BCUT2D eigenvalue weighted by atomic mass is 10.2. The Morgan fingerprint density at radius 3 is 2.88 bits per heavy atom. The van der Waals surface area contributed by atoms with E-state index in [0.717, 1.165) is 6.08 Å². The van der Waals surface area contributed by atoms with Crippen molar-refractivity contribution in [3.8, 4) is 5.69 Å². The third kappa shape index (κ3) is 4.30. The fraction of sp³-hybridized carbons (Fsp3) is 0.0588. The molecule has 126 valence electrons. The van der Waals surface area contributed by atoms with Crippen LogP contribution in [-0.2, 0) is 10.5 Å². The maximum absolute atomic E-state index is 13.7. The molecule has 2 aromatic carbocycles. The summed E-state index contributed by atoms with van der Waals surface area (Å²) in [5, 5.41) is 20.8. The van der Waals surface area contributed by atoms with Crippen LogP contribution in [0.5, 0.6) is 0 Å². The molecule has 0 spiro atoms. The molecule has 0 aliphatic heterocycles. The van der Waals surface area contributed by atoms with Crippen LogP contribution in [0, 0.1) is 5.82 Å². The van der Waals surface area contributed by atoms with Crippen molar-refractivity contribution in [3.05, 3.63) is 71.6 Å². The molecule has 3 aromatic rings. The highest BCUT2D eigenvalue weighted by molar-refractivity contribution is 7.98. The van der Waals surface area contributed by atoms with Crippen molar-refractivity contribution >= 4 is 23.8 Å². The number of tetrazole rings is 1. The Hall–Kier alpha value is -3.00. The number of aliphatic carboxylic acids is 1. The number of carboxylic acids is 1. The molecule has 0 radical (unpaired) electrons. The number of rotatable bonds is 6. The van der Waals surface area contributed by atoms with E-state index in [1.54, 1.807) is 36.4 Å². The van der Waals surface area contributed by atoms with Gasteiger partial charge < -0.3 is 5.11 Å². The van der Waals surface area contributed by atoms with Crippen LogP contribution in [0.2, 0.25) is 0 Å². The maximum atomic E-state index is 13.7. The largest absolute Gasteiger partial charge is 0.478 e. The first-order valence-corrected chi connectivity index (χ1v) is 8.28. The van der Waals surface area contributed by atoms with Gasteiger partial charge in [-0.2, -0.15) is 4.68 Å². The molecular formula is C17H13FN4O2S. The number of thioether (sulfide) groups is 1. The van der Waals surface area contributed by atoms with Gasteiger partial charge in [0.05, 0.1) is 5.69 Å². The summed E-state index contributed by atoms with van der Waals surface area (Å²) >= 11 is 1.31. The Kier molecular flexibility index (Phi) is 5.20. The molecule has 0 bridgehead atoms. The van der Waals surface area contributed by atoms with E-state index in [-0.39, 0.29) is 5.82 Å². The number of hydrogen-bond acceptors (Lipinski definition) is 5. The van der Waals surface area contributed by atoms with E-state index in [1.807, 2.05) is 6.07 Å². The van der Waals surface area contributed by atoms with Crippen molar-refractivity contribution < 1.29 is 14.3 Å². The summed E-state index contributed by atoms with van der Waals surface area (Å²) in [6.07, 6.45) is 2.55. The summed E-state index contributed by atoms with van der Waals surface area (Å²) < 4.78 is 15.2. The molecule has 3 rings (SSSR count). The second kappa shape index (κ2) is 7.71. The maximum Gasteiger partial charge on any atom is 0.328 e. The minimum atomic E-state index is -1.02. The van der Waals surface area contributed by atoms with Crippen molar-refractivity contribution in [1.82, 2.24) is 20.2 Å². The van der Waals surface area contributed by atoms with Crippen LogP contribution in [-0.4, -0.2) is 31.3 Å². The Labute approximate surface area is 147 Å². The van der Waals surface area contributed by atoms with Gasteiger partial charge >= 0.3 is 5.97 Å². The van der Waals surface area contributed by atoms with Crippen LogP contribution in [0.15, 0.2) is 59.8 Å². The van der Waals surface area contributed by atoms with E-state index in [1.165, 1.54) is 28.6 Å². The van der Waals surface area contributed by atoms with Gasteiger partial charge in [-0.3, -0.25) is 0 Å². The van der Waals surface area contributed by atoms with Crippen molar-refractivity contribution in [1.29, 1.82) is 0 Å². The topological polar surface area (TPSA) is 80.9 Å². The van der Waals surface area contributed by atoms with Gasteiger partial charge in [-0.1, -0.05) is 42.1 Å². The lowest BCUT2D eigenvalue weighted by Crippen LogP contribution is -2.00. The van der Waals surface area contributed by atoms with Crippen molar-refractivity contribution in [2.24, 2.45) is 0 Å². The zero-order valence-electron chi connectivity index (χ0n) is 12.9. The average Bonchev–Trinajstić information content (AvgIpc) is 3.08. The van der Waals surface area contributed by atoms with Gasteiger partial charge in [-0.05, 0) is 45.8 Å². The molecule has 0 saturated heterocycles. The second-order valence-corrected chi connectivity index (χ2v) is 5.96. The van der Waals surface area contributed by atoms with Crippen LogP contribution in [0.3, 0.4) is 0 Å². The lowest BCUT2D eigenvalue weighted by molar-refractivity contribution is -0.131. The average molecular weight is 356 g/mol. The van der Waals surface area contributed by atoms with Gasteiger partial charge in [0.2, 0.25) is 5.16 Å². The van der Waals surface area contributed by atoms with E-state index in [4.69, 9.17) is 5.11 Å². The molecule has 0 fully saturated rings. The lowest BCUT2D eigenvalue weighted by Gasteiger charge is -2.06. The Bertz CT molecular complexity index is 926. The third-order valence-electron chi connectivity index (χ3n) is 3.29. The van der Waals surface area contributed by atoms with Gasteiger partial charge in [0.25, 0.3) is 0 Å². The zero-order chi connectivity index (χ0) is 17.6. The minimum absolute atomic E-state index is 0.269. The highest BCUT2D eigenvalue weighted by Crippen LogP contribution is 2.24. The number of aromatic nitrogens is 4. The van der Waals surface area contributed by atoms with E-state index in [2.05, 4.69) is 15.5 Å². The Morgan fingerprint density at radius 1 is 1.24 bits per heavy atom. The molecule has 0 unspecified atom stereocenters. The summed E-state index contributed by atoms with van der Waals surface area (Å²) in [6, 6.07) is 13.7. The van der Waals surface area contributed by atoms with Crippen molar-refractivity contribution in [3.63, 3.8) is 0 Å². The molecule has 8 heteroatoms. The molecule has 1 aromatic heterocycles. The van der Waals surface area contributed by atoms with Gasteiger partial charge in [0, 0.05) is 11.8 Å². The molecule has 0 aliphatic rings. The van der Waals surface area contributed by atoms with Crippen LogP contribution in [0.4, 0.5) is 4.39 Å². The van der Waals surface area contributed by atoms with E-state index < -0.39 is 5.97 Å². The second-order valence-electron chi connectivity index (χ2n) is 5.02. The van der Waals surface area contributed by atoms with Crippen LogP contribution in [0.25, 0.3) is 11.8 Å². The first kappa shape index (κ1) is 16.8. The quantitative estimate of drug-likeness (QED) is 0.540. The molecule has 6 nitrogen and oxygen atoms in total. The monoisotopic (exact) mass is 356 g/mol. The minimum Gasteiger partial charge on any atom is -0.478 e. The molecule has 0 atom stereocenters. The highest BCUT2D eigenvalue weighted by atomic mass is 32.2. The first-order chi connectivity index (χ1) is 12.1. The number of carboxylic acid groups (broad SMARTS) is 1. The summed E-state index contributed by atoms with van der Waals surface area (Å²) in [6.45, 7) is 0. The van der Waals surface area contributed by atoms with Gasteiger partial charge in [-0.25, -0.2) is 9.18 Å². The molecule has 0 saturated carbocycles. The molecule has 1 heterocycles. The Balaban J connectivity index is 1.81. The molecule has 0 amide bonds. The SMILES string of the molecule is O=C(O)/C=C/c1cccc(-n2nnnc2SCc2ccccc2F)c1. The number of benzene rings is 2. The predicted octanol–water partition coefficient (Wildman–Crippen LogP) is 3.19. The molecule has 25 heavy (non-hydrogen) atoms. The van der Waals surface area contributed by atoms with Gasteiger partial charge in [0.15, 0.2) is 0 Å². The van der Waals surface area contributed by atoms with Gasteiger partial charge in [-0.15, -0.1) is 5.10 Å². The fourth-order valence-electron chi connectivity index (χ4n) is 2.12. The molecular weight excluding hydrogens is 343 g/mol. The first-order valence-electron chi connectivity index (χ1n) is 7.29. The number of hydrogen-bond donors (Lipinski definition) is 1. The summed E-state index contributed by atoms with van der Waals surface area (Å²) in [4.78, 5) is 10.6. The zero-order valence-corrected chi connectivity index (χ0v) is 13.7. The number of halogens is 1. The van der Waals surface area contributed by atoms with Crippen molar-refractivity contribution in [2.75, 3.05) is 0 Å². The summed E-state index contributed by atoms with van der Waals surface area (Å²) in [5.41, 5.74) is 1.97. The third-order valence-corrected chi connectivity index (χ3v) is 4.26. The van der Waals surface area contributed by atoms with E-state index in [9.17, 15) is 9.18 Å². The molecule has 0 aliphatic carbocycles. The standard InChI is InChI=1S/C17H13FN4O2S/c18-15-7-2-1-5-13(15)11-25-17-19-20-21-22(17)14-6-3-4-12(10-14)8-9-16(23)24/h1-10H,11H2,(H,23,24)/b9-8+. The summed E-state index contributed by atoms with van der Waals surface area (Å²) in [5.74, 6) is -0.894. The van der Waals surface area contributed by atoms with Crippen LogP contribution in [0.1, 0.15) is 11.1 Å². The smallest absolute Gasteiger partial charge is 0.328 e. The summed E-state index contributed by atoms with van der Waals surface area (Å²) in [7, 11) is 0. The molecule has 1 N–H and O–H groups in total. The van der Waals surface area contributed by atoms with Gasteiger partial charge in [0.1, 0.15) is 5.82 Å². The van der Waals surface area contributed by atoms with Crippen molar-refractivity contribution in [2.45, 2.75) is 10.9 Å². The highest BCUT2D eigenvalue weighted by Gasteiger charge is 2.11. The van der Waals surface area contributed by atoms with Crippen LogP contribution >= 0.6 is 11.8 Å². The number of nitrogens with zero attached hydrogens (tertiary/aromatic N) is 4. The van der Waals surface area contributed by atoms with E-state index >= 15 is 0 Å². The predicted molar refractivity (Wildman–Crippen MR) is 91.8 cm³/mol. The Morgan fingerprint density at radius 2 is 2.08 bits per heavy atom. The number of carbonyl (C=O) groups is 1. The van der Waals surface area contributed by atoms with E-state index in [0.29, 0.717) is 27.7 Å². The fourth-order valence-corrected chi connectivity index (χ4v) is 2.99. The normalized spacial score (nSPS) is 11.1. The van der Waals surface area contributed by atoms with Crippen LogP contribution < -0.4 is 0 Å².